The zero-order valence-corrected chi connectivity index (χ0v) is 18.2. The van der Waals surface area contributed by atoms with Crippen LogP contribution in [0.3, 0.4) is 0 Å². The Hall–Kier alpha value is -4.53. The van der Waals surface area contributed by atoms with Crippen molar-refractivity contribution >= 4 is 29.3 Å². The summed E-state index contributed by atoms with van der Waals surface area (Å²) in [4.78, 5) is 36.3. The van der Waals surface area contributed by atoms with Gasteiger partial charge in [0.2, 0.25) is 0 Å². The summed E-state index contributed by atoms with van der Waals surface area (Å²) in [7, 11) is 0. The summed E-state index contributed by atoms with van der Waals surface area (Å²) in [6.45, 7) is 0.0967. The molecule has 0 spiro atoms. The van der Waals surface area contributed by atoms with Crippen molar-refractivity contribution in [3.05, 3.63) is 84.4 Å². The molecule has 1 heterocycles. The minimum Gasteiger partial charge on any atom is -0.486 e. The second kappa shape index (κ2) is 10.9. The molecule has 0 bridgehead atoms. The maximum absolute atomic E-state index is 12.2. The third-order valence-corrected chi connectivity index (χ3v) is 4.84. The van der Waals surface area contributed by atoms with Crippen LogP contribution in [0, 0.1) is 0 Å². The first-order valence-corrected chi connectivity index (χ1v) is 10.6. The van der Waals surface area contributed by atoms with Crippen molar-refractivity contribution in [2.45, 2.75) is 6.10 Å². The Morgan fingerprint density at radius 1 is 0.824 bits per heavy atom. The van der Waals surface area contributed by atoms with Crippen molar-refractivity contribution in [1.82, 2.24) is 5.32 Å². The van der Waals surface area contributed by atoms with E-state index in [1.165, 1.54) is 12.1 Å². The van der Waals surface area contributed by atoms with E-state index in [2.05, 4.69) is 16.0 Å². The van der Waals surface area contributed by atoms with E-state index >= 15 is 0 Å². The summed E-state index contributed by atoms with van der Waals surface area (Å²) >= 11 is 0. The molecule has 0 aromatic heterocycles. The van der Waals surface area contributed by atoms with Crippen molar-refractivity contribution in [2.75, 3.05) is 30.4 Å². The highest BCUT2D eigenvalue weighted by molar-refractivity contribution is 6.00. The maximum Gasteiger partial charge on any atom is 0.338 e. The maximum atomic E-state index is 12.2. The number of ether oxygens (including phenoxy) is 3. The number of hydrogen-bond donors (Lipinski definition) is 3. The highest BCUT2D eigenvalue weighted by Crippen LogP contribution is 2.30. The lowest BCUT2D eigenvalue weighted by Crippen LogP contribution is -2.42. The molecule has 3 N–H and O–H groups in total. The van der Waals surface area contributed by atoms with Gasteiger partial charge in [0, 0.05) is 11.4 Å². The molecule has 0 fully saturated rings. The molecular weight excluding hydrogens is 438 g/mol. The molecule has 34 heavy (non-hydrogen) atoms. The van der Waals surface area contributed by atoms with E-state index in [4.69, 9.17) is 14.2 Å². The topological polar surface area (TPSA) is 115 Å². The molecular formula is C25H23N3O6. The summed E-state index contributed by atoms with van der Waals surface area (Å²) in [5, 5.41) is 8.04. The second-order valence-corrected chi connectivity index (χ2v) is 7.40. The minimum atomic E-state index is -0.651. The van der Waals surface area contributed by atoms with Gasteiger partial charge in [-0.1, -0.05) is 30.3 Å². The molecule has 1 atom stereocenters. The molecule has 3 aromatic rings. The van der Waals surface area contributed by atoms with Gasteiger partial charge in [0.15, 0.2) is 18.1 Å². The quantitative estimate of drug-likeness (QED) is 0.465. The Kier molecular flexibility index (Phi) is 7.24. The van der Waals surface area contributed by atoms with Gasteiger partial charge in [-0.25, -0.2) is 9.59 Å². The number of anilines is 2. The average Bonchev–Trinajstić information content (AvgIpc) is 2.87. The van der Waals surface area contributed by atoms with Gasteiger partial charge in [0.1, 0.15) is 12.7 Å². The van der Waals surface area contributed by atoms with Crippen LogP contribution in [-0.4, -0.2) is 43.8 Å². The molecule has 0 saturated carbocycles. The van der Waals surface area contributed by atoms with Gasteiger partial charge in [0.25, 0.3) is 5.91 Å². The highest BCUT2D eigenvalue weighted by Gasteiger charge is 2.21. The SMILES string of the molecule is O=C(COC(=O)c1ccc(NC(=O)Nc2ccccc2)cc1)NCC1COc2ccccc2O1. The van der Waals surface area contributed by atoms with Crippen LogP contribution >= 0.6 is 0 Å². The van der Waals surface area contributed by atoms with E-state index in [0.29, 0.717) is 29.5 Å². The van der Waals surface area contributed by atoms with Crippen LogP contribution in [0.25, 0.3) is 0 Å². The first kappa shape index (κ1) is 22.7. The number of para-hydroxylation sites is 3. The standard InChI is InChI=1S/C25H23N3O6/c29-23(26-14-20-15-32-21-8-4-5-9-22(21)34-20)16-33-24(30)17-10-12-19(13-11-17)28-25(31)27-18-6-2-1-3-7-18/h1-13,20H,14-16H2,(H,26,29)(H2,27,28,31). The molecule has 3 aromatic carbocycles. The number of nitrogens with one attached hydrogen (secondary N) is 3. The average molecular weight is 461 g/mol. The lowest BCUT2D eigenvalue weighted by atomic mass is 10.2. The zero-order chi connectivity index (χ0) is 23.8. The first-order valence-electron chi connectivity index (χ1n) is 10.6. The summed E-state index contributed by atoms with van der Waals surface area (Å²) < 4.78 is 16.4. The van der Waals surface area contributed by atoms with Crippen molar-refractivity contribution in [1.29, 1.82) is 0 Å². The van der Waals surface area contributed by atoms with Gasteiger partial charge in [-0.3, -0.25) is 4.79 Å². The van der Waals surface area contributed by atoms with Crippen LogP contribution in [0.15, 0.2) is 78.9 Å². The van der Waals surface area contributed by atoms with Crippen molar-refractivity contribution in [3.8, 4) is 11.5 Å². The van der Waals surface area contributed by atoms with E-state index in [1.807, 2.05) is 36.4 Å². The number of hydrogen-bond acceptors (Lipinski definition) is 6. The number of esters is 1. The smallest absolute Gasteiger partial charge is 0.338 e. The van der Waals surface area contributed by atoms with Crippen LogP contribution in [-0.2, 0) is 9.53 Å². The van der Waals surface area contributed by atoms with E-state index in [0.717, 1.165) is 0 Å². The number of carbonyl (C=O) groups is 3. The predicted molar refractivity (Wildman–Crippen MR) is 125 cm³/mol. The van der Waals surface area contributed by atoms with E-state index in [-0.39, 0.29) is 18.2 Å². The predicted octanol–water partition coefficient (Wildman–Crippen LogP) is 3.44. The van der Waals surface area contributed by atoms with Gasteiger partial charge in [0.05, 0.1) is 12.1 Å². The fourth-order valence-corrected chi connectivity index (χ4v) is 3.16. The molecule has 9 heteroatoms. The molecule has 3 amide bonds. The monoisotopic (exact) mass is 461 g/mol. The molecule has 174 valence electrons. The summed E-state index contributed by atoms with van der Waals surface area (Å²) in [5.41, 5.74) is 1.41. The third-order valence-electron chi connectivity index (χ3n) is 4.84. The van der Waals surface area contributed by atoms with Crippen LogP contribution in [0.4, 0.5) is 16.2 Å². The molecule has 1 unspecified atom stereocenters. The molecule has 1 aliphatic heterocycles. The Balaban J connectivity index is 1.18. The Labute approximate surface area is 196 Å². The molecule has 9 nitrogen and oxygen atoms in total. The summed E-state index contributed by atoms with van der Waals surface area (Å²) in [6, 6.07) is 22.0. The Bertz CT molecular complexity index is 1150. The summed E-state index contributed by atoms with van der Waals surface area (Å²) in [6.07, 6.45) is -0.339. The van der Waals surface area contributed by atoms with E-state index in [9.17, 15) is 14.4 Å². The number of fused-ring (bicyclic) bond motifs is 1. The number of rotatable bonds is 7. The van der Waals surface area contributed by atoms with Gasteiger partial charge >= 0.3 is 12.0 Å². The first-order chi connectivity index (χ1) is 16.6. The van der Waals surface area contributed by atoms with E-state index < -0.39 is 24.5 Å². The molecule has 0 radical (unpaired) electrons. The second-order valence-electron chi connectivity index (χ2n) is 7.40. The van der Waals surface area contributed by atoms with Crippen molar-refractivity contribution in [2.24, 2.45) is 0 Å². The normalized spacial score (nSPS) is 13.9. The number of amides is 3. The lowest BCUT2D eigenvalue weighted by molar-refractivity contribution is -0.124. The Morgan fingerprint density at radius 3 is 2.21 bits per heavy atom. The van der Waals surface area contributed by atoms with Gasteiger partial charge < -0.3 is 30.2 Å². The zero-order valence-electron chi connectivity index (χ0n) is 18.2. The van der Waals surface area contributed by atoms with Crippen LogP contribution < -0.4 is 25.4 Å². The lowest BCUT2D eigenvalue weighted by Gasteiger charge is -2.26. The molecule has 1 aliphatic rings. The molecule has 0 saturated heterocycles. The van der Waals surface area contributed by atoms with Crippen LogP contribution in [0.5, 0.6) is 11.5 Å². The largest absolute Gasteiger partial charge is 0.486 e. The van der Waals surface area contributed by atoms with Crippen molar-refractivity contribution in [3.63, 3.8) is 0 Å². The van der Waals surface area contributed by atoms with Gasteiger partial charge in [-0.2, -0.15) is 0 Å². The fraction of sp³-hybridized carbons (Fsp3) is 0.160. The van der Waals surface area contributed by atoms with Crippen LogP contribution in [0.1, 0.15) is 10.4 Å². The third kappa shape index (κ3) is 6.26. The molecule has 4 rings (SSSR count). The number of carbonyl (C=O) groups excluding carboxylic acids is 3. The fourth-order valence-electron chi connectivity index (χ4n) is 3.16. The number of urea groups is 1. The van der Waals surface area contributed by atoms with Crippen LogP contribution in [0.2, 0.25) is 0 Å². The Morgan fingerprint density at radius 2 is 1.47 bits per heavy atom. The highest BCUT2D eigenvalue weighted by atomic mass is 16.6. The van der Waals surface area contributed by atoms with Crippen molar-refractivity contribution < 1.29 is 28.6 Å². The summed E-state index contributed by atoms with van der Waals surface area (Å²) in [5.74, 6) is 0.181. The van der Waals surface area contributed by atoms with E-state index in [1.54, 1.807) is 30.3 Å². The van der Waals surface area contributed by atoms with Gasteiger partial charge in [-0.05, 0) is 48.5 Å². The molecule has 0 aliphatic carbocycles. The minimum absolute atomic E-state index is 0.218. The van der Waals surface area contributed by atoms with Gasteiger partial charge in [-0.15, -0.1) is 0 Å². The number of benzene rings is 3.